The molecule has 1 saturated carbocycles. The van der Waals surface area contributed by atoms with Crippen LogP contribution in [-0.2, 0) is 9.59 Å². The maximum Gasteiger partial charge on any atom is 0.335 e. The summed E-state index contributed by atoms with van der Waals surface area (Å²) in [5.74, 6) is -1.25. The Labute approximate surface area is 188 Å². The first-order valence-electron chi connectivity index (χ1n) is 10.4. The van der Waals surface area contributed by atoms with Crippen LogP contribution in [0.1, 0.15) is 12.8 Å². The second-order valence-corrected chi connectivity index (χ2v) is 9.40. The zero-order valence-electron chi connectivity index (χ0n) is 17.1. The van der Waals surface area contributed by atoms with Crippen LogP contribution in [0, 0.1) is 17.8 Å². The van der Waals surface area contributed by atoms with E-state index in [1.807, 2.05) is 18.2 Å². The van der Waals surface area contributed by atoms with Crippen molar-refractivity contribution < 1.29 is 34.8 Å². The van der Waals surface area contributed by atoms with E-state index in [0.29, 0.717) is 17.9 Å². The van der Waals surface area contributed by atoms with Crippen LogP contribution in [0.5, 0.6) is 5.19 Å². The molecule has 2 aromatic rings. The lowest BCUT2D eigenvalue weighted by molar-refractivity contribution is -0.165. The maximum absolute atomic E-state index is 9.77. The zero-order chi connectivity index (χ0) is 22.8. The van der Waals surface area contributed by atoms with Crippen LogP contribution < -0.4 is 4.74 Å². The second kappa shape index (κ2) is 9.49. The van der Waals surface area contributed by atoms with E-state index in [9.17, 15) is 9.59 Å². The highest BCUT2D eigenvalue weighted by Gasteiger charge is 2.49. The molecular weight excluding hydrogens is 438 g/mol. The summed E-state index contributed by atoms with van der Waals surface area (Å²) in [6.07, 6.45) is -1.51. The molecule has 6 rings (SSSR count). The minimum atomic E-state index is -2.27. The Balaban J connectivity index is 0.000000211. The summed E-state index contributed by atoms with van der Waals surface area (Å²) in [6.45, 7) is 3.74. The number of aliphatic hydroxyl groups excluding tert-OH is 2. The summed E-state index contributed by atoms with van der Waals surface area (Å²) in [7, 11) is 0. The van der Waals surface area contributed by atoms with Gasteiger partial charge in [0.1, 0.15) is 6.10 Å². The number of aliphatic carboxylic acids is 2. The van der Waals surface area contributed by atoms with Gasteiger partial charge in [0.15, 0.2) is 17.2 Å². The summed E-state index contributed by atoms with van der Waals surface area (Å²) in [5.41, 5.74) is 1.12. The van der Waals surface area contributed by atoms with Crippen molar-refractivity contribution in [1.82, 2.24) is 15.1 Å². The van der Waals surface area contributed by atoms with Gasteiger partial charge in [-0.2, -0.15) is 0 Å². The van der Waals surface area contributed by atoms with Crippen molar-refractivity contribution in [1.29, 1.82) is 0 Å². The number of rotatable bonds is 6. The predicted octanol–water partition coefficient (Wildman–Crippen LogP) is 0.801. The Morgan fingerprint density at radius 3 is 2.09 bits per heavy atom. The van der Waals surface area contributed by atoms with Crippen molar-refractivity contribution in [2.75, 3.05) is 19.6 Å². The first kappa shape index (κ1) is 22.6. The monoisotopic (exact) mass is 463 g/mol. The molecule has 0 spiro atoms. The lowest BCUT2D eigenvalue weighted by Gasteiger charge is -2.54. The normalized spacial score (nSPS) is 29.5. The molecule has 4 heterocycles. The number of carboxylic acids is 2. The summed E-state index contributed by atoms with van der Waals surface area (Å²) in [4.78, 5) is 22.2. The lowest BCUT2D eigenvalue weighted by Crippen LogP contribution is -2.61. The van der Waals surface area contributed by atoms with E-state index in [0.717, 1.165) is 21.7 Å². The van der Waals surface area contributed by atoms with E-state index in [1.165, 1.54) is 32.5 Å². The molecule has 1 aromatic carbocycles. The molecule has 2 unspecified atom stereocenters. The van der Waals surface area contributed by atoms with Gasteiger partial charge < -0.3 is 30.1 Å². The van der Waals surface area contributed by atoms with Gasteiger partial charge in [-0.05, 0) is 18.8 Å². The van der Waals surface area contributed by atoms with Crippen molar-refractivity contribution in [2.24, 2.45) is 17.8 Å². The van der Waals surface area contributed by atoms with Crippen LogP contribution in [-0.4, -0.2) is 85.4 Å². The molecule has 3 aliphatic heterocycles. The molecule has 4 atom stereocenters. The molecule has 32 heavy (non-hydrogen) atoms. The highest BCUT2D eigenvalue weighted by atomic mass is 32.1. The van der Waals surface area contributed by atoms with Crippen LogP contribution in [0.2, 0.25) is 0 Å². The van der Waals surface area contributed by atoms with Crippen molar-refractivity contribution in [3.63, 3.8) is 0 Å². The van der Waals surface area contributed by atoms with Gasteiger partial charge in [-0.3, -0.25) is 0 Å². The summed E-state index contributed by atoms with van der Waals surface area (Å²) >= 11 is 1.57. The van der Waals surface area contributed by atoms with Gasteiger partial charge in [0.05, 0.1) is 0 Å². The number of aromatic nitrogens is 2. The Morgan fingerprint density at radius 1 is 0.969 bits per heavy atom. The van der Waals surface area contributed by atoms with Crippen LogP contribution in [0.4, 0.5) is 0 Å². The van der Waals surface area contributed by atoms with E-state index in [2.05, 4.69) is 27.2 Å². The number of ether oxygens (including phenoxy) is 1. The number of hydrogen-bond donors (Lipinski definition) is 4. The van der Waals surface area contributed by atoms with Gasteiger partial charge in [0.2, 0.25) is 0 Å². The molecule has 1 aromatic heterocycles. The Hall–Kier alpha value is -2.60. The van der Waals surface area contributed by atoms with Crippen LogP contribution in [0.25, 0.3) is 10.6 Å². The van der Waals surface area contributed by atoms with Gasteiger partial charge in [0, 0.05) is 37.0 Å². The van der Waals surface area contributed by atoms with E-state index in [1.54, 1.807) is 11.3 Å². The maximum atomic E-state index is 9.77. The summed E-state index contributed by atoms with van der Waals surface area (Å²) in [6, 6.07) is 10.2. The predicted molar refractivity (Wildman–Crippen MR) is 113 cm³/mol. The number of nitrogens with zero attached hydrogens (tertiary/aromatic N) is 3. The first-order valence-corrected chi connectivity index (χ1v) is 11.2. The van der Waals surface area contributed by atoms with Crippen molar-refractivity contribution >= 4 is 23.3 Å². The third kappa shape index (κ3) is 4.90. The molecule has 4 aliphatic rings. The quantitative estimate of drug-likeness (QED) is 0.484. The van der Waals surface area contributed by atoms with E-state index >= 15 is 0 Å². The van der Waals surface area contributed by atoms with Crippen molar-refractivity contribution in [3.05, 3.63) is 30.3 Å². The molecular formula is C21H25N3O7S. The highest BCUT2D eigenvalue weighted by molar-refractivity contribution is 7.16. The average Bonchev–Trinajstić information content (AvgIpc) is 3.24. The topological polar surface area (TPSA) is 153 Å². The number of carboxylic acid groups (broad SMARTS) is 2. The van der Waals surface area contributed by atoms with Gasteiger partial charge in [-0.1, -0.05) is 46.8 Å². The highest BCUT2D eigenvalue weighted by Crippen LogP contribution is 2.45. The molecule has 1 aliphatic carbocycles. The van der Waals surface area contributed by atoms with Gasteiger partial charge >= 0.3 is 11.9 Å². The molecule has 4 bridgehead atoms. The molecule has 3 saturated heterocycles. The third-order valence-corrected chi connectivity index (χ3v) is 7.04. The Kier molecular flexibility index (Phi) is 6.70. The van der Waals surface area contributed by atoms with Gasteiger partial charge in [0.25, 0.3) is 5.19 Å². The fraction of sp³-hybridized carbons (Fsp3) is 0.524. The Bertz CT molecular complexity index is 908. The SMILES string of the molecule is O=C(O)[C@H](O)[C@@H](O)C(=O)O.c1ccc(-c2nnc(OC3C4CC5CC3CN(C5)C4)s2)cc1. The lowest BCUT2D eigenvalue weighted by atomic mass is 9.66. The largest absolute Gasteiger partial charge is 0.479 e. The summed E-state index contributed by atoms with van der Waals surface area (Å²) < 4.78 is 6.31. The standard InChI is InChI=1S/C17H19N3OS.C4H6O6/c1-2-4-12(5-3-1)16-18-19-17(22-16)21-15-13-6-11-7-14(15)10-20(8-11)9-13;5-1(3(7)8)2(6)4(9)10/h1-5,11,13-15H,6-10H2;1-2,5-6H,(H,7,8)(H,9,10)/t;1-,2-/m.1/s1. The Morgan fingerprint density at radius 2 is 1.56 bits per heavy atom. The molecule has 172 valence electrons. The molecule has 11 heteroatoms. The molecule has 0 radical (unpaired) electrons. The van der Waals surface area contributed by atoms with E-state index in [-0.39, 0.29) is 0 Å². The second-order valence-electron chi connectivity index (χ2n) is 8.46. The molecule has 10 nitrogen and oxygen atoms in total. The van der Waals surface area contributed by atoms with Crippen LogP contribution >= 0.6 is 11.3 Å². The molecule has 0 amide bonds. The minimum Gasteiger partial charge on any atom is -0.479 e. The zero-order valence-corrected chi connectivity index (χ0v) is 18.0. The van der Waals surface area contributed by atoms with Crippen molar-refractivity contribution in [2.45, 2.75) is 31.2 Å². The third-order valence-electron chi connectivity index (χ3n) is 6.17. The number of piperidine rings is 3. The number of hydrogen-bond acceptors (Lipinski definition) is 9. The number of aliphatic hydroxyl groups is 2. The number of carbonyl (C=O) groups is 2. The molecule has 4 fully saturated rings. The van der Waals surface area contributed by atoms with Crippen LogP contribution in [0.15, 0.2) is 30.3 Å². The molecule has 4 N–H and O–H groups in total. The van der Waals surface area contributed by atoms with Crippen molar-refractivity contribution in [3.8, 4) is 15.8 Å². The fourth-order valence-corrected chi connectivity index (χ4v) is 5.64. The number of benzene rings is 1. The van der Waals surface area contributed by atoms with Gasteiger partial charge in [-0.25, -0.2) is 9.59 Å². The summed E-state index contributed by atoms with van der Waals surface area (Å²) in [5, 5.41) is 42.8. The fourth-order valence-electron chi connectivity index (χ4n) is 4.90. The average molecular weight is 464 g/mol. The van der Waals surface area contributed by atoms with Gasteiger partial charge in [-0.15, -0.1) is 5.10 Å². The first-order chi connectivity index (χ1) is 15.3. The minimum absolute atomic E-state index is 0.351. The van der Waals surface area contributed by atoms with E-state index < -0.39 is 24.1 Å². The van der Waals surface area contributed by atoms with E-state index in [4.69, 9.17) is 25.2 Å². The smallest absolute Gasteiger partial charge is 0.335 e. The van der Waals surface area contributed by atoms with Crippen LogP contribution in [0.3, 0.4) is 0 Å².